The summed E-state index contributed by atoms with van der Waals surface area (Å²) in [6.07, 6.45) is 3.54. The second kappa shape index (κ2) is 4.44. The monoisotopic (exact) mass is 276 g/mol. The Hall–Kier alpha value is -2.27. The van der Waals surface area contributed by atoms with Gasteiger partial charge < -0.3 is 13.9 Å². The van der Waals surface area contributed by atoms with Crippen molar-refractivity contribution in [3.8, 4) is 0 Å². The van der Waals surface area contributed by atoms with Gasteiger partial charge in [0.25, 0.3) is 0 Å². The second-order valence-corrected chi connectivity index (χ2v) is 4.41. The molecule has 0 aliphatic rings. The number of rotatable bonds is 3. The van der Waals surface area contributed by atoms with Crippen LogP contribution < -0.4 is 0 Å². The summed E-state index contributed by atoms with van der Waals surface area (Å²) in [5, 5.41) is 9.36. The number of hydrogen-bond donors (Lipinski definition) is 1. The van der Waals surface area contributed by atoms with E-state index < -0.39 is 5.97 Å². The van der Waals surface area contributed by atoms with Crippen LogP contribution in [0.3, 0.4) is 0 Å². The molecule has 3 aromatic heterocycles. The fraction of sp³-hybridized carbons (Fsp3) is 0.0769. The molecular formula is C13H9ClN2O3. The van der Waals surface area contributed by atoms with Gasteiger partial charge in [-0.05, 0) is 24.3 Å². The molecule has 0 saturated carbocycles. The number of carbonyl (C=O) groups is 1. The van der Waals surface area contributed by atoms with Gasteiger partial charge in [0.1, 0.15) is 11.6 Å². The van der Waals surface area contributed by atoms with Gasteiger partial charge in [-0.25, -0.2) is 9.78 Å². The summed E-state index contributed by atoms with van der Waals surface area (Å²) in [5.41, 5.74) is 0.857. The number of pyridine rings is 1. The highest BCUT2D eigenvalue weighted by molar-refractivity contribution is 6.32. The number of imidazole rings is 1. The average molecular weight is 277 g/mol. The van der Waals surface area contributed by atoms with E-state index in [1.165, 1.54) is 12.3 Å². The number of nitrogens with zero attached hydrogens (tertiary/aromatic N) is 2. The number of aromatic nitrogens is 2. The Morgan fingerprint density at radius 2 is 2.26 bits per heavy atom. The van der Waals surface area contributed by atoms with E-state index in [1.807, 2.05) is 6.07 Å². The van der Waals surface area contributed by atoms with Gasteiger partial charge in [-0.2, -0.15) is 0 Å². The maximum Gasteiger partial charge on any atom is 0.337 e. The molecule has 0 aliphatic heterocycles. The zero-order valence-electron chi connectivity index (χ0n) is 9.71. The molecule has 5 nitrogen and oxygen atoms in total. The van der Waals surface area contributed by atoms with Crippen molar-refractivity contribution in [1.82, 2.24) is 9.38 Å². The van der Waals surface area contributed by atoms with Crippen molar-refractivity contribution < 1.29 is 14.3 Å². The fourth-order valence-corrected chi connectivity index (χ4v) is 2.18. The predicted octanol–water partition coefficient (Wildman–Crippen LogP) is 2.87. The molecule has 0 spiro atoms. The lowest BCUT2D eigenvalue weighted by atomic mass is 10.2. The molecule has 0 atom stereocenters. The summed E-state index contributed by atoms with van der Waals surface area (Å²) in [6, 6.07) is 6.76. The van der Waals surface area contributed by atoms with E-state index in [1.54, 1.807) is 22.8 Å². The van der Waals surface area contributed by atoms with E-state index >= 15 is 0 Å². The van der Waals surface area contributed by atoms with E-state index in [0.717, 1.165) is 5.76 Å². The summed E-state index contributed by atoms with van der Waals surface area (Å²) < 4.78 is 6.94. The molecule has 0 amide bonds. The van der Waals surface area contributed by atoms with Gasteiger partial charge in [0, 0.05) is 6.20 Å². The largest absolute Gasteiger partial charge is 0.478 e. The van der Waals surface area contributed by atoms with Crippen LogP contribution in [0.15, 0.2) is 41.1 Å². The minimum Gasteiger partial charge on any atom is -0.478 e. The predicted molar refractivity (Wildman–Crippen MR) is 68.7 cm³/mol. The Labute approximate surface area is 113 Å². The third-order valence-corrected chi connectivity index (χ3v) is 3.10. The van der Waals surface area contributed by atoms with E-state index in [-0.39, 0.29) is 5.56 Å². The van der Waals surface area contributed by atoms with Gasteiger partial charge in [-0.1, -0.05) is 11.6 Å². The van der Waals surface area contributed by atoms with E-state index in [0.29, 0.717) is 22.9 Å². The zero-order chi connectivity index (χ0) is 13.4. The molecule has 0 aromatic carbocycles. The van der Waals surface area contributed by atoms with Crippen molar-refractivity contribution in [2.24, 2.45) is 0 Å². The number of furan rings is 1. The molecule has 96 valence electrons. The minimum absolute atomic E-state index is 0.183. The molecule has 0 bridgehead atoms. The quantitative estimate of drug-likeness (QED) is 0.799. The zero-order valence-corrected chi connectivity index (χ0v) is 10.5. The molecule has 19 heavy (non-hydrogen) atoms. The molecule has 0 saturated heterocycles. The van der Waals surface area contributed by atoms with Gasteiger partial charge >= 0.3 is 5.97 Å². The van der Waals surface area contributed by atoms with E-state index in [4.69, 9.17) is 21.1 Å². The van der Waals surface area contributed by atoms with Crippen LogP contribution in [-0.4, -0.2) is 20.5 Å². The SMILES string of the molecule is O=C(O)c1ccc2c(Cl)nc(Cc3ccco3)n2c1. The smallest absolute Gasteiger partial charge is 0.337 e. The number of halogens is 1. The number of carboxylic acid groups (broad SMARTS) is 1. The highest BCUT2D eigenvalue weighted by atomic mass is 35.5. The van der Waals surface area contributed by atoms with Crippen molar-refractivity contribution in [2.75, 3.05) is 0 Å². The molecule has 3 rings (SSSR count). The van der Waals surface area contributed by atoms with Gasteiger partial charge in [0.2, 0.25) is 0 Å². The Morgan fingerprint density at radius 3 is 2.95 bits per heavy atom. The Bertz CT molecular complexity index is 747. The maximum absolute atomic E-state index is 11.0. The van der Waals surface area contributed by atoms with Gasteiger partial charge in [-0.15, -0.1) is 0 Å². The molecule has 6 heteroatoms. The summed E-state index contributed by atoms with van der Waals surface area (Å²) >= 11 is 6.04. The Morgan fingerprint density at radius 1 is 1.42 bits per heavy atom. The van der Waals surface area contributed by atoms with Crippen LogP contribution >= 0.6 is 11.6 Å². The van der Waals surface area contributed by atoms with Crippen LogP contribution in [-0.2, 0) is 6.42 Å². The first kappa shape index (κ1) is 11.8. The van der Waals surface area contributed by atoms with Crippen LogP contribution in [0, 0.1) is 0 Å². The van der Waals surface area contributed by atoms with E-state index in [2.05, 4.69) is 4.98 Å². The topological polar surface area (TPSA) is 67.7 Å². The normalized spacial score (nSPS) is 11.0. The first-order chi connectivity index (χ1) is 9.15. The van der Waals surface area contributed by atoms with Crippen LogP contribution in [0.25, 0.3) is 5.52 Å². The van der Waals surface area contributed by atoms with Crippen molar-refractivity contribution in [2.45, 2.75) is 6.42 Å². The highest BCUT2D eigenvalue weighted by Crippen LogP contribution is 2.21. The maximum atomic E-state index is 11.0. The first-order valence-corrected chi connectivity index (χ1v) is 5.95. The number of hydrogen-bond acceptors (Lipinski definition) is 3. The number of fused-ring (bicyclic) bond motifs is 1. The van der Waals surface area contributed by atoms with Gasteiger partial charge in [-0.3, -0.25) is 0 Å². The Balaban J connectivity index is 2.13. The first-order valence-electron chi connectivity index (χ1n) is 5.57. The highest BCUT2D eigenvalue weighted by Gasteiger charge is 2.13. The summed E-state index contributed by atoms with van der Waals surface area (Å²) in [4.78, 5) is 15.2. The van der Waals surface area contributed by atoms with Crippen LogP contribution in [0.2, 0.25) is 5.15 Å². The third-order valence-electron chi connectivity index (χ3n) is 2.82. The summed E-state index contributed by atoms with van der Waals surface area (Å²) in [5.74, 6) is 0.387. The van der Waals surface area contributed by atoms with Gasteiger partial charge in [0.15, 0.2) is 5.15 Å². The lowest BCUT2D eigenvalue weighted by Crippen LogP contribution is -2.01. The molecule has 3 heterocycles. The van der Waals surface area contributed by atoms with Crippen LogP contribution in [0.1, 0.15) is 21.9 Å². The van der Waals surface area contributed by atoms with E-state index in [9.17, 15) is 4.79 Å². The standard InChI is InChI=1S/C13H9ClN2O3/c14-12-10-4-3-8(13(17)18)7-16(10)11(15-12)6-9-2-1-5-19-9/h1-5,7H,6H2,(H,17,18). The molecular weight excluding hydrogens is 268 g/mol. The molecule has 0 fully saturated rings. The lowest BCUT2D eigenvalue weighted by Gasteiger charge is -2.01. The number of aromatic carboxylic acids is 1. The van der Waals surface area contributed by atoms with Crippen molar-refractivity contribution in [3.63, 3.8) is 0 Å². The second-order valence-electron chi connectivity index (χ2n) is 4.05. The molecule has 3 aromatic rings. The summed E-state index contributed by atoms with van der Waals surface area (Å²) in [6.45, 7) is 0. The molecule has 0 aliphatic carbocycles. The lowest BCUT2D eigenvalue weighted by molar-refractivity contribution is 0.0696. The van der Waals surface area contributed by atoms with Crippen molar-refractivity contribution in [1.29, 1.82) is 0 Å². The number of carboxylic acids is 1. The Kier molecular flexibility index (Phi) is 2.76. The molecule has 0 unspecified atom stereocenters. The third kappa shape index (κ3) is 2.08. The van der Waals surface area contributed by atoms with Gasteiger partial charge in [0.05, 0.1) is 23.8 Å². The minimum atomic E-state index is -0.990. The van der Waals surface area contributed by atoms with Crippen LogP contribution in [0.5, 0.6) is 0 Å². The van der Waals surface area contributed by atoms with Crippen molar-refractivity contribution >= 4 is 23.1 Å². The molecule has 1 N–H and O–H groups in total. The average Bonchev–Trinajstić information content (AvgIpc) is 2.99. The summed E-state index contributed by atoms with van der Waals surface area (Å²) in [7, 11) is 0. The van der Waals surface area contributed by atoms with Crippen molar-refractivity contribution in [3.05, 3.63) is 59.0 Å². The fourth-order valence-electron chi connectivity index (χ4n) is 1.93. The molecule has 0 radical (unpaired) electrons. The van der Waals surface area contributed by atoms with Crippen LogP contribution in [0.4, 0.5) is 0 Å².